The van der Waals surface area contributed by atoms with Gasteiger partial charge in [0.05, 0.1) is 18.4 Å². The Hall–Kier alpha value is -2.08. The maximum absolute atomic E-state index is 12.4. The molecule has 0 unspecified atom stereocenters. The first kappa shape index (κ1) is 12.9. The molecule has 2 amide bonds. The van der Waals surface area contributed by atoms with Gasteiger partial charge in [-0.15, -0.1) is 0 Å². The van der Waals surface area contributed by atoms with Crippen molar-refractivity contribution in [1.29, 1.82) is 0 Å². The van der Waals surface area contributed by atoms with E-state index in [2.05, 4.69) is 5.32 Å². The van der Waals surface area contributed by atoms with Crippen LogP contribution < -0.4 is 10.1 Å². The van der Waals surface area contributed by atoms with Crippen LogP contribution in [0.1, 0.15) is 17.3 Å². The highest BCUT2D eigenvalue weighted by Gasteiger charge is 2.24. The molecule has 106 valence electrons. The van der Waals surface area contributed by atoms with Gasteiger partial charge in [0, 0.05) is 18.7 Å². The summed E-state index contributed by atoms with van der Waals surface area (Å²) in [6.07, 6.45) is 0.0564. The van der Waals surface area contributed by atoms with Crippen LogP contribution in [0.2, 0.25) is 0 Å². The van der Waals surface area contributed by atoms with Crippen molar-refractivity contribution >= 4 is 17.5 Å². The summed E-state index contributed by atoms with van der Waals surface area (Å²) >= 11 is 0. The molecule has 20 heavy (non-hydrogen) atoms. The molecule has 0 bridgehead atoms. The van der Waals surface area contributed by atoms with Crippen LogP contribution in [0.3, 0.4) is 0 Å². The number of fused-ring (bicyclic) bond motifs is 1. The molecule has 2 aliphatic rings. The van der Waals surface area contributed by atoms with E-state index in [0.29, 0.717) is 36.7 Å². The molecule has 3 rings (SSSR count). The maximum atomic E-state index is 12.4. The molecular weight excluding hydrogens is 260 g/mol. The van der Waals surface area contributed by atoms with Crippen molar-refractivity contribution in [2.75, 3.05) is 31.6 Å². The number of hydrogen-bond donors (Lipinski definition) is 1. The van der Waals surface area contributed by atoms with E-state index in [4.69, 9.17) is 9.47 Å². The topological polar surface area (TPSA) is 67.9 Å². The van der Waals surface area contributed by atoms with Crippen molar-refractivity contribution in [3.63, 3.8) is 0 Å². The molecule has 1 atom stereocenters. The van der Waals surface area contributed by atoms with Crippen LogP contribution in [0.4, 0.5) is 5.69 Å². The number of ether oxygens (including phenoxy) is 2. The fourth-order valence-corrected chi connectivity index (χ4v) is 2.39. The lowest BCUT2D eigenvalue weighted by Crippen LogP contribution is -2.44. The Balaban J connectivity index is 1.80. The number of anilines is 1. The number of morpholine rings is 1. The summed E-state index contributed by atoms with van der Waals surface area (Å²) in [6, 6.07) is 5.08. The summed E-state index contributed by atoms with van der Waals surface area (Å²) < 4.78 is 10.8. The third-order valence-electron chi connectivity index (χ3n) is 3.39. The van der Waals surface area contributed by atoms with E-state index in [1.165, 1.54) is 0 Å². The molecule has 1 aromatic rings. The number of hydrogen-bond acceptors (Lipinski definition) is 4. The molecule has 6 heteroatoms. The highest BCUT2D eigenvalue weighted by atomic mass is 16.5. The highest BCUT2D eigenvalue weighted by Crippen LogP contribution is 2.29. The summed E-state index contributed by atoms with van der Waals surface area (Å²) in [5, 5.41) is 2.70. The van der Waals surface area contributed by atoms with E-state index >= 15 is 0 Å². The highest BCUT2D eigenvalue weighted by molar-refractivity contribution is 5.99. The lowest BCUT2D eigenvalue weighted by atomic mass is 10.1. The van der Waals surface area contributed by atoms with Crippen LogP contribution in [0.25, 0.3) is 0 Å². The van der Waals surface area contributed by atoms with Gasteiger partial charge in [-0.3, -0.25) is 9.59 Å². The Bertz CT molecular complexity index is 558. The summed E-state index contributed by atoms with van der Waals surface area (Å²) in [7, 11) is 0. The zero-order valence-corrected chi connectivity index (χ0v) is 11.2. The number of amides is 2. The molecular formula is C14H16N2O4. The van der Waals surface area contributed by atoms with Crippen LogP contribution in [-0.4, -0.2) is 49.1 Å². The van der Waals surface area contributed by atoms with Gasteiger partial charge in [0.2, 0.25) is 0 Å². The second-order valence-electron chi connectivity index (χ2n) is 4.98. The average molecular weight is 276 g/mol. The van der Waals surface area contributed by atoms with Crippen LogP contribution in [0.15, 0.2) is 18.2 Å². The van der Waals surface area contributed by atoms with Crippen molar-refractivity contribution in [2.24, 2.45) is 0 Å². The Morgan fingerprint density at radius 1 is 1.45 bits per heavy atom. The Kier molecular flexibility index (Phi) is 3.31. The van der Waals surface area contributed by atoms with Crippen LogP contribution in [0, 0.1) is 0 Å². The lowest BCUT2D eigenvalue weighted by molar-refractivity contribution is -0.118. The van der Waals surface area contributed by atoms with Crippen molar-refractivity contribution in [2.45, 2.75) is 13.0 Å². The first-order chi connectivity index (χ1) is 9.63. The van der Waals surface area contributed by atoms with Crippen molar-refractivity contribution in [3.05, 3.63) is 23.8 Å². The smallest absolute Gasteiger partial charge is 0.262 e. The van der Waals surface area contributed by atoms with E-state index in [1.807, 2.05) is 6.92 Å². The van der Waals surface area contributed by atoms with Crippen LogP contribution in [0.5, 0.6) is 5.75 Å². The van der Waals surface area contributed by atoms with Gasteiger partial charge in [-0.05, 0) is 25.1 Å². The average Bonchev–Trinajstić information content (AvgIpc) is 2.46. The molecule has 2 aliphatic heterocycles. The summed E-state index contributed by atoms with van der Waals surface area (Å²) in [4.78, 5) is 25.4. The second kappa shape index (κ2) is 5.13. The number of rotatable bonds is 1. The standard InChI is InChI=1S/C14H16N2O4/c1-9-7-16(4-5-19-9)14(18)10-2-3-11-12(6-10)20-8-13(17)15-11/h2-3,6,9H,4-5,7-8H2,1H3,(H,15,17)/t9-/m0/s1. The minimum atomic E-state index is -0.182. The molecule has 6 nitrogen and oxygen atoms in total. The van der Waals surface area contributed by atoms with Gasteiger partial charge in [-0.25, -0.2) is 0 Å². The lowest BCUT2D eigenvalue weighted by Gasteiger charge is -2.31. The largest absolute Gasteiger partial charge is 0.482 e. The fourth-order valence-electron chi connectivity index (χ4n) is 2.39. The molecule has 2 heterocycles. The first-order valence-corrected chi connectivity index (χ1v) is 6.61. The molecule has 1 saturated heterocycles. The summed E-state index contributed by atoms with van der Waals surface area (Å²) in [5.74, 6) is 0.318. The Morgan fingerprint density at radius 3 is 3.10 bits per heavy atom. The number of nitrogens with one attached hydrogen (secondary N) is 1. The maximum Gasteiger partial charge on any atom is 0.262 e. The van der Waals surface area contributed by atoms with Crippen molar-refractivity contribution in [1.82, 2.24) is 4.90 Å². The SMILES string of the molecule is C[C@H]1CN(C(=O)c2ccc3c(c2)OCC(=O)N3)CCO1. The van der Waals surface area contributed by atoms with Gasteiger partial charge in [0.1, 0.15) is 5.75 Å². The minimum Gasteiger partial charge on any atom is -0.482 e. The third kappa shape index (κ3) is 2.46. The number of carbonyl (C=O) groups is 2. The summed E-state index contributed by atoms with van der Waals surface area (Å²) in [6.45, 7) is 3.68. The molecule has 1 fully saturated rings. The minimum absolute atomic E-state index is 0.0147. The predicted octanol–water partition coefficient (Wildman–Crippen LogP) is 0.878. The number of benzene rings is 1. The summed E-state index contributed by atoms with van der Waals surface area (Å²) in [5.41, 5.74) is 1.17. The van der Waals surface area contributed by atoms with Crippen LogP contribution >= 0.6 is 0 Å². The van der Waals surface area contributed by atoms with Crippen LogP contribution in [-0.2, 0) is 9.53 Å². The van der Waals surface area contributed by atoms with Gasteiger partial charge in [0.25, 0.3) is 11.8 Å². The Labute approximate surface area is 116 Å². The van der Waals surface area contributed by atoms with E-state index in [-0.39, 0.29) is 24.5 Å². The third-order valence-corrected chi connectivity index (χ3v) is 3.39. The van der Waals surface area contributed by atoms with Gasteiger partial charge < -0.3 is 19.7 Å². The molecule has 0 aromatic heterocycles. The monoisotopic (exact) mass is 276 g/mol. The van der Waals surface area contributed by atoms with E-state index in [9.17, 15) is 9.59 Å². The second-order valence-corrected chi connectivity index (χ2v) is 4.98. The number of carbonyl (C=O) groups excluding carboxylic acids is 2. The molecule has 0 radical (unpaired) electrons. The molecule has 0 spiro atoms. The van der Waals surface area contributed by atoms with Gasteiger partial charge in [-0.2, -0.15) is 0 Å². The molecule has 0 saturated carbocycles. The normalized spacial score (nSPS) is 21.8. The van der Waals surface area contributed by atoms with Crippen molar-refractivity contribution in [3.8, 4) is 5.75 Å². The molecule has 1 N–H and O–H groups in total. The predicted molar refractivity (Wildman–Crippen MR) is 71.9 cm³/mol. The zero-order chi connectivity index (χ0) is 14.1. The fraction of sp³-hybridized carbons (Fsp3) is 0.429. The quantitative estimate of drug-likeness (QED) is 0.826. The zero-order valence-electron chi connectivity index (χ0n) is 11.2. The Morgan fingerprint density at radius 2 is 2.30 bits per heavy atom. The first-order valence-electron chi connectivity index (χ1n) is 6.61. The number of nitrogens with zero attached hydrogens (tertiary/aromatic N) is 1. The van der Waals surface area contributed by atoms with Gasteiger partial charge >= 0.3 is 0 Å². The van der Waals surface area contributed by atoms with Crippen molar-refractivity contribution < 1.29 is 19.1 Å². The molecule has 1 aromatic carbocycles. The molecule has 0 aliphatic carbocycles. The van der Waals surface area contributed by atoms with E-state index < -0.39 is 0 Å². The van der Waals surface area contributed by atoms with Gasteiger partial charge in [-0.1, -0.05) is 0 Å². The van der Waals surface area contributed by atoms with E-state index in [0.717, 1.165) is 0 Å². The van der Waals surface area contributed by atoms with E-state index in [1.54, 1.807) is 23.1 Å². The van der Waals surface area contributed by atoms with Gasteiger partial charge in [0.15, 0.2) is 6.61 Å².